The van der Waals surface area contributed by atoms with E-state index in [0.29, 0.717) is 39.1 Å². The molecular formula is C16H27N3O4. The molecule has 1 spiro atoms. The third-order valence-corrected chi connectivity index (χ3v) is 5.37. The summed E-state index contributed by atoms with van der Waals surface area (Å²) in [7, 11) is 0. The van der Waals surface area contributed by atoms with Crippen molar-refractivity contribution in [3.05, 3.63) is 0 Å². The zero-order valence-corrected chi connectivity index (χ0v) is 13.9. The van der Waals surface area contributed by atoms with Crippen LogP contribution < -0.4 is 0 Å². The highest BCUT2D eigenvalue weighted by molar-refractivity contribution is 5.80. The smallest absolute Gasteiger partial charge is 0.225 e. The Bertz CT molecular complexity index is 490. The van der Waals surface area contributed by atoms with Gasteiger partial charge in [0.1, 0.15) is 0 Å². The number of fused-ring (bicyclic) bond motifs is 2. The lowest BCUT2D eigenvalue weighted by atomic mass is 9.83. The molecule has 0 unspecified atom stereocenters. The zero-order valence-electron chi connectivity index (χ0n) is 13.9. The lowest BCUT2D eigenvalue weighted by Gasteiger charge is -2.61. The molecule has 2 atom stereocenters. The van der Waals surface area contributed by atoms with Gasteiger partial charge in [-0.3, -0.25) is 14.5 Å². The van der Waals surface area contributed by atoms with Crippen molar-refractivity contribution in [1.82, 2.24) is 14.7 Å². The van der Waals surface area contributed by atoms with Crippen molar-refractivity contribution in [3.8, 4) is 0 Å². The van der Waals surface area contributed by atoms with E-state index in [9.17, 15) is 14.7 Å². The third-order valence-electron chi connectivity index (χ3n) is 5.37. The minimum atomic E-state index is -0.361. The zero-order chi connectivity index (χ0) is 16.8. The van der Waals surface area contributed by atoms with Gasteiger partial charge in [0, 0.05) is 51.1 Å². The Morgan fingerprint density at radius 3 is 2.43 bits per heavy atom. The van der Waals surface area contributed by atoms with Crippen molar-refractivity contribution in [3.63, 3.8) is 0 Å². The molecule has 7 heteroatoms. The summed E-state index contributed by atoms with van der Waals surface area (Å²) in [6, 6.07) is 0.151. The number of hydrogen-bond donors (Lipinski definition) is 2. The van der Waals surface area contributed by atoms with Crippen molar-refractivity contribution in [1.29, 1.82) is 0 Å². The molecule has 130 valence electrons. The summed E-state index contributed by atoms with van der Waals surface area (Å²) >= 11 is 0. The van der Waals surface area contributed by atoms with E-state index in [-0.39, 0.29) is 48.4 Å². The molecule has 0 aromatic heterocycles. The number of likely N-dealkylation sites (tertiary alicyclic amines) is 1. The van der Waals surface area contributed by atoms with Crippen LogP contribution in [0.2, 0.25) is 0 Å². The normalized spacial score (nSPS) is 29.8. The summed E-state index contributed by atoms with van der Waals surface area (Å²) in [4.78, 5) is 30.4. The number of rotatable bonds is 3. The first-order valence-corrected chi connectivity index (χ1v) is 8.48. The molecule has 3 fully saturated rings. The summed E-state index contributed by atoms with van der Waals surface area (Å²) in [5, 5.41) is 19.1. The van der Waals surface area contributed by atoms with Gasteiger partial charge in [-0.1, -0.05) is 13.8 Å². The van der Waals surface area contributed by atoms with Crippen LogP contribution >= 0.6 is 0 Å². The number of β-amino-alcohol motifs (C(OH)–C–C–N with tert-alkyl or cyclic N) is 1. The summed E-state index contributed by atoms with van der Waals surface area (Å²) in [5.41, 5.74) is -0.226. The molecule has 0 radical (unpaired) electrons. The number of aliphatic hydroxyl groups is 2. The van der Waals surface area contributed by atoms with Crippen LogP contribution in [0, 0.1) is 5.92 Å². The lowest BCUT2D eigenvalue weighted by Crippen LogP contribution is -2.79. The first kappa shape index (κ1) is 16.7. The Balaban J connectivity index is 1.75. The highest BCUT2D eigenvalue weighted by atomic mass is 16.3. The second-order valence-corrected chi connectivity index (χ2v) is 7.52. The number of carbonyl (C=O) groups excluding carboxylic acids is 2. The minimum absolute atomic E-state index is 0.0250. The summed E-state index contributed by atoms with van der Waals surface area (Å²) in [6.45, 7) is 6.70. The van der Waals surface area contributed by atoms with Crippen LogP contribution in [0.3, 0.4) is 0 Å². The van der Waals surface area contributed by atoms with E-state index in [4.69, 9.17) is 5.11 Å². The van der Waals surface area contributed by atoms with Crippen molar-refractivity contribution in [2.45, 2.75) is 44.4 Å². The fraction of sp³-hybridized carbons (Fsp3) is 0.875. The van der Waals surface area contributed by atoms with Crippen molar-refractivity contribution in [2.24, 2.45) is 5.92 Å². The molecule has 2 N–H and O–H groups in total. The maximum absolute atomic E-state index is 12.2. The second kappa shape index (κ2) is 6.03. The van der Waals surface area contributed by atoms with Crippen molar-refractivity contribution in [2.75, 3.05) is 39.3 Å². The molecule has 3 saturated heterocycles. The van der Waals surface area contributed by atoms with Crippen LogP contribution in [0.4, 0.5) is 0 Å². The fourth-order valence-corrected chi connectivity index (χ4v) is 4.32. The standard InChI is InChI=1S/C16H27N3O4/c1-11(2)15(23)18-9-16(10-18)8-17(14(22)3-4-20)6-12-5-13(21)7-19(12)16/h11-13,20-21H,3-10H2,1-2H3/t12-,13-/m1/s1. The first-order valence-electron chi connectivity index (χ1n) is 8.48. The van der Waals surface area contributed by atoms with Crippen LogP contribution in [0.25, 0.3) is 0 Å². The van der Waals surface area contributed by atoms with E-state index in [1.165, 1.54) is 0 Å². The van der Waals surface area contributed by atoms with Gasteiger partial charge in [-0.25, -0.2) is 0 Å². The Morgan fingerprint density at radius 2 is 1.83 bits per heavy atom. The SMILES string of the molecule is CC(C)C(=O)N1CC2(CN(C(=O)CCO)C[C@H]3C[C@@H](O)CN32)C1. The van der Waals surface area contributed by atoms with E-state index in [0.717, 1.165) is 0 Å². The number of amides is 2. The van der Waals surface area contributed by atoms with Crippen LogP contribution in [0.1, 0.15) is 26.7 Å². The second-order valence-electron chi connectivity index (χ2n) is 7.52. The Labute approximate surface area is 136 Å². The van der Waals surface area contributed by atoms with E-state index in [1.807, 2.05) is 23.6 Å². The minimum Gasteiger partial charge on any atom is -0.396 e. The molecule has 23 heavy (non-hydrogen) atoms. The molecule has 0 saturated carbocycles. The number of aliphatic hydroxyl groups excluding tert-OH is 2. The number of hydrogen-bond acceptors (Lipinski definition) is 5. The van der Waals surface area contributed by atoms with Gasteiger partial charge in [0.2, 0.25) is 11.8 Å². The molecule has 3 heterocycles. The predicted octanol–water partition coefficient (Wildman–Crippen LogP) is -1.12. The molecular weight excluding hydrogens is 298 g/mol. The van der Waals surface area contributed by atoms with Gasteiger partial charge in [0.25, 0.3) is 0 Å². The third kappa shape index (κ3) is 2.86. The summed E-state index contributed by atoms with van der Waals surface area (Å²) in [6.07, 6.45) is 0.447. The van der Waals surface area contributed by atoms with Gasteiger partial charge in [-0.15, -0.1) is 0 Å². The molecule has 0 aromatic carbocycles. The average molecular weight is 325 g/mol. The maximum atomic E-state index is 12.2. The van der Waals surface area contributed by atoms with E-state index in [1.54, 1.807) is 0 Å². The lowest BCUT2D eigenvalue weighted by molar-refractivity contribution is -0.164. The highest BCUT2D eigenvalue weighted by Gasteiger charge is 2.57. The molecule has 0 aromatic rings. The van der Waals surface area contributed by atoms with Crippen LogP contribution in [0.15, 0.2) is 0 Å². The largest absolute Gasteiger partial charge is 0.396 e. The summed E-state index contributed by atoms with van der Waals surface area (Å²) in [5.74, 6) is 0.0790. The van der Waals surface area contributed by atoms with Gasteiger partial charge in [-0.2, -0.15) is 0 Å². The van der Waals surface area contributed by atoms with Gasteiger partial charge in [0.05, 0.1) is 18.2 Å². The molecule has 3 aliphatic heterocycles. The molecule has 3 aliphatic rings. The van der Waals surface area contributed by atoms with Gasteiger partial charge >= 0.3 is 0 Å². The highest BCUT2D eigenvalue weighted by Crippen LogP contribution is 2.39. The number of piperazine rings is 1. The molecule has 2 amide bonds. The summed E-state index contributed by atoms with van der Waals surface area (Å²) < 4.78 is 0. The topological polar surface area (TPSA) is 84.3 Å². The van der Waals surface area contributed by atoms with E-state index in [2.05, 4.69) is 4.90 Å². The Morgan fingerprint density at radius 1 is 1.17 bits per heavy atom. The fourth-order valence-electron chi connectivity index (χ4n) is 4.32. The monoisotopic (exact) mass is 325 g/mol. The quantitative estimate of drug-likeness (QED) is 0.687. The van der Waals surface area contributed by atoms with Gasteiger partial charge in [-0.05, 0) is 6.42 Å². The Kier molecular flexibility index (Phi) is 4.37. The van der Waals surface area contributed by atoms with Crippen LogP contribution in [-0.2, 0) is 9.59 Å². The first-order chi connectivity index (χ1) is 10.9. The predicted molar refractivity (Wildman–Crippen MR) is 83.5 cm³/mol. The average Bonchev–Trinajstić information content (AvgIpc) is 2.83. The van der Waals surface area contributed by atoms with Crippen LogP contribution in [0.5, 0.6) is 0 Å². The molecule has 0 bridgehead atoms. The van der Waals surface area contributed by atoms with Crippen molar-refractivity contribution >= 4 is 11.8 Å². The number of nitrogens with zero attached hydrogens (tertiary/aromatic N) is 3. The maximum Gasteiger partial charge on any atom is 0.225 e. The van der Waals surface area contributed by atoms with Crippen LogP contribution in [-0.4, -0.2) is 93.7 Å². The van der Waals surface area contributed by atoms with Gasteiger partial charge < -0.3 is 20.0 Å². The van der Waals surface area contributed by atoms with E-state index >= 15 is 0 Å². The number of carbonyl (C=O) groups is 2. The van der Waals surface area contributed by atoms with E-state index < -0.39 is 0 Å². The van der Waals surface area contributed by atoms with Crippen molar-refractivity contribution < 1.29 is 19.8 Å². The molecule has 7 nitrogen and oxygen atoms in total. The molecule has 3 rings (SSSR count). The molecule has 0 aliphatic carbocycles. The Hall–Kier alpha value is -1.18. The van der Waals surface area contributed by atoms with Gasteiger partial charge in [0.15, 0.2) is 0 Å².